The number of sulfonamides is 1. The number of halogens is 1. The van der Waals surface area contributed by atoms with Crippen molar-refractivity contribution in [3.05, 3.63) is 65.5 Å². The Bertz CT molecular complexity index is 944. The van der Waals surface area contributed by atoms with Crippen molar-refractivity contribution in [2.45, 2.75) is 31.3 Å². The van der Waals surface area contributed by atoms with E-state index < -0.39 is 28.0 Å². The normalized spacial score (nSPS) is 12.2. The molecule has 0 aliphatic heterocycles. The van der Waals surface area contributed by atoms with Gasteiger partial charge in [0, 0.05) is 13.1 Å². The molecule has 7 nitrogen and oxygen atoms in total. The van der Waals surface area contributed by atoms with Gasteiger partial charge in [-0.25, -0.2) is 22.3 Å². The molecule has 0 radical (unpaired) electrons. The van der Waals surface area contributed by atoms with E-state index in [0.29, 0.717) is 13.0 Å². The highest BCUT2D eigenvalue weighted by molar-refractivity contribution is 7.89. The molecule has 1 amide bonds. The zero-order valence-corrected chi connectivity index (χ0v) is 17.0. The third-order valence-corrected chi connectivity index (χ3v) is 5.58. The first-order chi connectivity index (χ1) is 13.7. The minimum atomic E-state index is -3.61. The van der Waals surface area contributed by atoms with E-state index in [4.69, 9.17) is 4.74 Å². The van der Waals surface area contributed by atoms with E-state index in [1.165, 1.54) is 43.3 Å². The maximum atomic E-state index is 12.9. The Labute approximate surface area is 169 Å². The summed E-state index contributed by atoms with van der Waals surface area (Å²) in [5, 5.41) is 2.65. The van der Waals surface area contributed by atoms with Crippen LogP contribution in [0.5, 0.6) is 0 Å². The van der Waals surface area contributed by atoms with Gasteiger partial charge >= 0.3 is 5.97 Å². The molecule has 0 spiro atoms. The summed E-state index contributed by atoms with van der Waals surface area (Å²) in [7, 11) is -3.61. The molecular formula is C20H23FN2O5S. The number of carbonyl (C=O) groups excluding carboxylic acids is 2. The topological polar surface area (TPSA) is 102 Å². The van der Waals surface area contributed by atoms with Crippen LogP contribution in [0.4, 0.5) is 4.39 Å². The highest BCUT2D eigenvalue weighted by Crippen LogP contribution is 2.12. The van der Waals surface area contributed by atoms with Gasteiger partial charge in [0.05, 0.1) is 10.5 Å². The lowest BCUT2D eigenvalue weighted by molar-refractivity contribution is -0.129. The third kappa shape index (κ3) is 6.65. The van der Waals surface area contributed by atoms with E-state index in [2.05, 4.69) is 10.0 Å². The molecule has 0 aliphatic rings. The number of esters is 1. The Kier molecular flexibility index (Phi) is 7.86. The van der Waals surface area contributed by atoms with Gasteiger partial charge in [0.25, 0.3) is 5.91 Å². The van der Waals surface area contributed by atoms with Crippen LogP contribution in [0, 0.1) is 5.82 Å². The minimum absolute atomic E-state index is 0.0301. The van der Waals surface area contributed by atoms with Crippen LogP contribution in [0.2, 0.25) is 0 Å². The fourth-order valence-corrected chi connectivity index (χ4v) is 3.49. The molecule has 0 aromatic heterocycles. The van der Waals surface area contributed by atoms with E-state index >= 15 is 0 Å². The standard InChI is InChI=1S/C20H23FN2O5S/c1-3-23-29(26,27)18-10-6-16(7-11-18)20(25)28-14(2)19(24)22-13-12-15-4-8-17(21)9-5-15/h4-11,14,23H,3,12-13H2,1-2H3,(H,22,24)/t14-/m1/s1. The molecule has 0 saturated carbocycles. The van der Waals surface area contributed by atoms with Crippen LogP contribution in [0.3, 0.4) is 0 Å². The summed E-state index contributed by atoms with van der Waals surface area (Å²) in [5.41, 5.74) is 0.996. The number of nitrogens with one attached hydrogen (secondary N) is 2. The summed E-state index contributed by atoms with van der Waals surface area (Å²) >= 11 is 0. The van der Waals surface area contributed by atoms with Crippen LogP contribution < -0.4 is 10.0 Å². The van der Waals surface area contributed by atoms with E-state index in [1.54, 1.807) is 19.1 Å². The van der Waals surface area contributed by atoms with Crippen LogP contribution in [-0.4, -0.2) is 39.5 Å². The van der Waals surface area contributed by atoms with Crippen molar-refractivity contribution in [2.75, 3.05) is 13.1 Å². The van der Waals surface area contributed by atoms with Crippen LogP contribution in [0.1, 0.15) is 29.8 Å². The molecule has 0 unspecified atom stereocenters. The zero-order chi connectivity index (χ0) is 21.4. The second-order valence-electron chi connectivity index (χ2n) is 6.24. The van der Waals surface area contributed by atoms with Crippen LogP contribution in [-0.2, 0) is 26.0 Å². The first-order valence-electron chi connectivity index (χ1n) is 9.06. The van der Waals surface area contributed by atoms with E-state index in [9.17, 15) is 22.4 Å². The molecule has 9 heteroatoms. The quantitative estimate of drug-likeness (QED) is 0.602. The molecule has 0 heterocycles. The van der Waals surface area contributed by atoms with E-state index in [0.717, 1.165) is 5.56 Å². The number of benzene rings is 2. The fourth-order valence-electron chi connectivity index (χ4n) is 2.45. The zero-order valence-electron chi connectivity index (χ0n) is 16.1. The van der Waals surface area contributed by atoms with Gasteiger partial charge in [-0.3, -0.25) is 4.79 Å². The van der Waals surface area contributed by atoms with Gasteiger partial charge < -0.3 is 10.1 Å². The minimum Gasteiger partial charge on any atom is -0.449 e. The number of hydrogen-bond acceptors (Lipinski definition) is 5. The molecule has 2 aromatic carbocycles. The van der Waals surface area contributed by atoms with E-state index in [1.807, 2.05) is 0 Å². The van der Waals surface area contributed by atoms with Crippen molar-refractivity contribution >= 4 is 21.9 Å². The highest BCUT2D eigenvalue weighted by Gasteiger charge is 2.19. The molecule has 0 saturated heterocycles. The molecule has 0 bridgehead atoms. The van der Waals surface area contributed by atoms with Gasteiger partial charge in [0.2, 0.25) is 10.0 Å². The predicted octanol–water partition coefficient (Wildman–Crippen LogP) is 2.03. The Morgan fingerprint density at radius 3 is 2.28 bits per heavy atom. The average Bonchev–Trinajstić information content (AvgIpc) is 2.69. The third-order valence-electron chi connectivity index (χ3n) is 4.01. The summed E-state index contributed by atoms with van der Waals surface area (Å²) in [6.07, 6.45) is -0.519. The summed E-state index contributed by atoms with van der Waals surface area (Å²) in [4.78, 5) is 24.3. The van der Waals surface area contributed by atoms with E-state index in [-0.39, 0.29) is 22.8 Å². The second kappa shape index (κ2) is 10.1. The molecule has 0 fully saturated rings. The summed E-state index contributed by atoms with van der Waals surface area (Å²) < 4.78 is 44.1. The number of amides is 1. The molecule has 2 N–H and O–H groups in total. The van der Waals surface area contributed by atoms with Crippen LogP contribution >= 0.6 is 0 Å². The molecule has 0 aliphatic carbocycles. The smallest absolute Gasteiger partial charge is 0.338 e. The Morgan fingerprint density at radius 1 is 1.07 bits per heavy atom. The van der Waals surface area contributed by atoms with Gasteiger partial charge in [0.1, 0.15) is 5.82 Å². The van der Waals surface area contributed by atoms with Gasteiger partial charge in [-0.1, -0.05) is 19.1 Å². The lowest BCUT2D eigenvalue weighted by atomic mass is 10.1. The number of hydrogen-bond donors (Lipinski definition) is 2. The summed E-state index contributed by atoms with van der Waals surface area (Å²) in [5.74, 6) is -1.53. The van der Waals surface area contributed by atoms with Crippen molar-refractivity contribution < 1.29 is 27.1 Å². The van der Waals surface area contributed by atoms with Crippen molar-refractivity contribution in [1.82, 2.24) is 10.0 Å². The first kappa shape index (κ1) is 22.5. The van der Waals surface area contributed by atoms with Crippen molar-refractivity contribution in [2.24, 2.45) is 0 Å². The lowest BCUT2D eigenvalue weighted by Gasteiger charge is -2.14. The molecular weight excluding hydrogens is 399 g/mol. The maximum Gasteiger partial charge on any atom is 0.338 e. The Hall–Kier alpha value is -2.78. The second-order valence-corrected chi connectivity index (χ2v) is 8.01. The lowest BCUT2D eigenvalue weighted by Crippen LogP contribution is -2.36. The van der Waals surface area contributed by atoms with Crippen LogP contribution in [0.25, 0.3) is 0 Å². The number of ether oxygens (including phenoxy) is 1. The Morgan fingerprint density at radius 2 is 1.69 bits per heavy atom. The summed E-state index contributed by atoms with van der Waals surface area (Å²) in [6.45, 7) is 3.66. The molecule has 2 aromatic rings. The molecule has 2 rings (SSSR count). The van der Waals surface area contributed by atoms with Gasteiger partial charge in [-0.05, 0) is 55.3 Å². The molecule has 29 heavy (non-hydrogen) atoms. The summed E-state index contributed by atoms with van der Waals surface area (Å²) in [6, 6.07) is 11.2. The van der Waals surface area contributed by atoms with Gasteiger partial charge in [0.15, 0.2) is 6.10 Å². The maximum absolute atomic E-state index is 12.9. The SMILES string of the molecule is CCNS(=O)(=O)c1ccc(C(=O)O[C@H](C)C(=O)NCCc2ccc(F)cc2)cc1. The fraction of sp³-hybridized carbons (Fsp3) is 0.300. The van der Waals surface area contributed by atoms with Crippen molar-refractivity contribution in [1.29, 1.82) is 0 Å². The van der Waals surface area contributed by atoms with Crippen molar-refractivity contribution in [3.63, 3.8) is 0 Å². The Balaban J connectivity index is 1.85. The highest BCUT2D eigenvalue weighted by atomic mass is 32.2. The predicted molar refractivity (Wildman–Crippen MR) is 105 cm³/mol. The number of carbonyl (C=O) groups is 2. The van der Waals surface area contributed by atoms with Gasteiger partial charge in [-0.2, -0.15) is 0 Å². The van der Waals surface area contributed by atoms with Crippen LogP contribution in [0.15, 0.2) is 53.4 Å². The largest absolute Gasteiger partial charge is 0.449 e. The molecule has 1 atom stereocenters. The monoisotopic (exact) mass is 422 g/mol. The first-order valence-corrected chi connectivity index (χ1v) is 10.5. The van der Waals surface area contributed by atoms with Gasteiger partial charge in [-0.15, -0.1) is 0 Å². The van der Waals surface area contributed by atoms with Crippen molar-refractivity contribution in [3.8, 4) is 0 Å². The number of rotatable bonds is 9. The average molecular weight is 422 g/mol. The molecule has 156 valence electrons.